The molecule has 1 fully saturated rings. The molecule has 1 saturated heterocycles. The molecule has 2 N–H and O–H groups in total. The van der Waals surface area contributed by atoms with Crippen LogP contribution in [-0.2, 0) is 0 Å². The van der Waals surface area contributed by atoms with Gasteiger partial charge in [-0.3, -0.25) is 4.90 Å². The lowest BCUT2D eigenvalue weighted by molar-refractivity contribution is 0.185. The van der Waals surface area contributed by atoms with E-state index in [1.54, 1.807) is 12.1 Å². The van der Waals surface area contributed by atoms with Crippen molar-refractivity contribution in [3.8, 4) is 6.07 Å². The van der Waals surface area contributed by atoms with Crippen molar-refractivity contribution < 1.29 is 4.39 Å². The van der Waals surface area contributed by atoms with Gasteiger partial charge >= 0.3 is 0 Å². The maximum absolute atomic E-state index is 13.5. The molecule has 4 heteroatoms. The lowest BCUT2D eigenvalue weighted by Gasteiger charge is -2.33. The van der Waals surface area contributed by atoms with Crippen molar-refractivity contribution >= 4 is 0 Å². The maximum atomic E-state index is 13.5. The van der Waals surface area contributed by atoms with E-state index >= 15 is 0 Å². The van der Waals surface area contributed by atoms with Crippen molar-refractivity contribution in [3.05, 3.63) is 35.1 Å². The molecule has 1 aliphatic heterocycles. The van der Waals surface area contributed by atoms with Crippen LogP contribution in [-0.4, -0.2) is 24.0 Å². The van der Waals surface area contributed by atoms with Crippen molar-refractivity contribution in [3.63, 3.8) is 0 Å². The summed E-state index contributed by atoms with van der Waals surface area (Å²) in [4.78, 5) is 2.38. The fraction of sp³-hybridized carbons (Fsp3) is 0.562. The molecule has 1 heterocycles. The Labute approximate surface area is 120 Å². The molecule has 2 rings (SSSR count). The van der Waals surface area contributed by atoms with E-state index in [9.17, 15) is 4.39 Å². The predicted molar refractivity (Wildman–Crippen MR) is 77.5 cm³/mol. The third-order valence-electron chi connectivity index (χ3n) is 3.99. The minimum atomic E-state index is -0.458. The third-order valence-corrected chi connectivity index (χ3v) is 3.99. The number of nitriles is 1. The quantitative estimate of drug-likeness (QED) is 0.922. The Morgan fingerprint density at radius 3 is 2.95 bits per heavy atom. The number of likely N-dealkylation sites (tertiary alicyclic amines) is 1. The molecule has 1 aliphatic rings. The molecule has 0 amide bonds. The van der Waals surface area contributed by atoms with Crippen LogP contribution >= 0.6 is 0 Å². The molecule has 0 radical (unpaired) electrons. The highest BCUT2D eigenvalue weighted by molar-refractivity contribution is 5.36. The number of rotatable bonds is 3. The van der Waals surface area contributed by atoms with E-state index in [-0.39, 0.29) is 17.6 Å². The van der Waals surface area contributed by atoms with Crippen LogP contribution in [0.5, 0.6) is 0 Å². The van der Waals surface area contributed by atoms with Gasteiger partial charge in [-0.2, -0.15) is 5.26 Å². The van der Waals surface area contributed by atoms with Gasteiger partial charge in [-0.15, -0.1) is 0 Å². The summed E-state index contributed by atoms with van der Waals surface area (Å²) in [6.07, 6.45) is 4.32. The molecule has 0 spiro atoms. The van der Waals surface area contributed by atoms with E-state index in [1.807, 2.05) is 6.07 Å². The van der Waals surface area contributed by atoms with Gasteiger partial charge in [0.1, 0.15) is 11.9 Å². The number of hydrogen-bond donors (Lipinski definition) is 1. The molecule has 1 aromatic rings. The van der Waals surface area contributed by atoms with E-state index in [0.29, 0.717) is 0 Å². The Morgan fingerprint density at radius 2 is 2.25 bits per heavy atom. The summed E-state index contributed by atoms with van der Waals surface area (Å²) in [7, 11) is 0. The highest BCUT2D eigenvalue weighted by Crippen LogP contribution is 2.30. The molecule has 0 aliphatic carbocycles. The first-order valence-electron chi connectivity index (χ1n) is 7.36. The summed E-state index contributed by atoms with van der Waals surface area (Å²) in [6, 6.07) is 6.87. The Kier molecular flexibility index (Phi) is 5.11. The van der Waals surface area contributed by atoms with Gasteiger partial charge in [-0.05, 0) is 50.0 Å². The van der Waals surface area contributed by atoms with Gasteiger partial charge in [0, 0.05) is 12.1 Å². The molecule has 3 nitrogen and oxygen atoms in total. The van der Waals surface area contributed by atoms with Crippen LogP contribution in [0.4, 0.5) is 4.39 Å². The average molecular weight is 275 g/mol. The molecule has 108 valence electrons. The molecule has 2 atom stereocenters. The van der Waals surface area contributed by atoms with Crippen LogP contribution in [0, 0.1) is 17.1 Å². The zero-order chi connectivity index (χ0) is 14.5. The Hall–Kier alpha value is -1.44. The fourth-order valence-electron chi connectivity index (χ4n) is 3.07. The molecule has 0 saturated carbocycles. The normalized spacial score (nSPS) is 24.1. The maximum Gasteiger partial charge on any atom is 0.140 e. The van der Waals surface area contributed by atoms with Crippen LogP contribution in [0.3, 0.4) is 0 Å². The van der Waals surface area contributed by atoms with Gasteiger partial charge in [0.15, 0.2) is 0 Å². The molecule has 2 unspecified atom stereocenters. The molecule has 0 aromatic heterocycles. The highest BCUT2D eigenvalue weighted by Gasteiger charge is 2.28. The van der Waals surface area contributed by atoms with Crippen LogP contribution < -0.4 is 5.73 Å². The van der Waals surface area contributed by atoms with E-state index in [4.69, 9.17) is 11.0 Å². The lowest BCUT2D eigenvalue weighted by Crippen LogP contribution is -2.40. The van der Waals surface area contributed by atoms with E-state index in [0.717, 1.165) is 44.3 Å². The molecular formula is C16H22FN3. The minimum absolute atomic E-state index is 0.0426. The number of nitrogens with two attached hydrogens (primary N) is 1. The van der Waals surface area contributed by atoms with Gasteiger partial charge in [0.05, 0.1) is 5.56 Å². The van der Waals surface area contributed by atoms with Gasteiger partial charge in [-0.25, -0.2) is 4.39 Å². The summed E-state index contributed by atoms with van der Waals surface area (Å²) >= 11 is 0. The SMILES string of the molecule is CCCN1CCCCC(N)C1c1ccc(F)c(C#N)c1. The van der Waals surface area contributed by atoms with Gasteiger partial charge in [0.2, 0.25) is 0 Å². The van der Waals surface area contributed by atoms with Crippen LogP contribution in [0.25, 0.3) is 0 Å². The number of benzene rings is 1. The first kappa shape index (κ1) is 15.0. The predicted octanol–water partition coefficient (Wildman–Crippen LogP) is 2.96. The van der Waals surface area contributed by atoms with E-state index in [2.05, 4.69) is 11.8 Å². The smallest absolute Gasteiger partial charge is 0.140 e. The second kappa shape index (κ2) is 6.83. The largest absolute Gasteiger partial charge is 0.326 e. The summed E-state index contributed by atoms with van der Waals surface area (Å²) in [6.45, 7) is 4.15. The zero-order valence-electron chi connectivity index (χ0n) is 12.0. The van der Waals surface area contributed by atoms with Gasteiger partial charge in [0.25, 0.3) is 0 Å². The summed E-state index contributed by atoms with van der Waals surface area (Å²) in [5.74, 6) is -0.458. The Balaban J connectivity index is 2.36. The first-order chi connectivity index (χ1) is 9.67. The van der Waals surface area contributed by atoms with E-state index in [1.165, 1.54) is 6.07 Å². The van der Waals surface area contributed by atoms with Gasteiger partial charge < -0.3 is 5.73 Å². The second-order valence-corrected chi connectivity index (χ2v) is 5.49. The van der Waals surface area contributed by atoms with Crippen molar-refractivity contribution in [2.45, 2.75) is 44.7 Å². The van der Waals surface area contributed by atoms with E-state index < -0.39 is 5.82 Å². The fourth-order valence-corrected chi connectivity index (χ4v) is 3.07. The average Bonchev–Trinajstić information content (AvgIpc) is 2.62. The highest BCUT2D eigenvalue weighted by atomic mass is 19.1. The van der Waals surface area contributed by atoms with Crippen LogP contribution in [0.2, 0.25) is 0 Å². The topological polar surface area (TPSA) is 53.0 Å². The molecule has 0 bridgehead atoms. The van der Waals surface area contributed by atoms with Crippen LogP contribution in [0.15, 0.2) is 18.2 Å². The summed E-state index contributed by atoms with van der Waals surface area (Å²) in [5.41, 5.74) is 7.41. The monoisotopic (exact) mass is 275 g/mol. The van der Waals surface area contributed by atoms with Crippen molar-refractivity contribution in [2.75, 3.05) is 13.1 Å². The number of hydrogen-bond acceptors (Lipinski definition) is 3. The summed E-state index contributed by atoms with van der Waals surface area (Å²) in [5, 5.41) is 9.00. The van der Waals surface area contributed by atoms with Crippen LogP contribution in [0.1, 0.15) is 49.8 Å². The van der Waals surface area contributed by atoms with Gasteiger partial charge in [-0.1, -0.05) is 19.4 Å². The minimum Gasteiger partial charge on any atom is -0.326 e. The van der Waals surface area contributed by atoms with Crippen molar-refractivity contribution in [1.82, 2.24) is 4.90 Å². The van der Waals surface area contributed by atoms with Crippen molar-refractivity contribution in [2.24, 2.45) is 5.73 Å². The molecular weight excluding hydrogens is 253 g/mol. The lowest BCUT2D eigenvalue weighted by atomic mass is 9.95. The Bertz CT molecular complexity index is 495. The number of nitrogens with zero attached hydrogens (tertiary/aromatic N) is 2. The summed E-state index contributed by atoms with van der Waals surface area (Å²) < 4.78 is 13.5. The number of halogens is 1. The molecule has 1 aromatic carbocycles. The Morgan fingerprint density at radius 1 is 1.45 bits per heavy atom. The zero-order valence-corrected chi connectivity index (χ0v) is 12.0. The third kappa shape index (κ3) is 3.17. The standard InChI is InChI=1S/C16H22FN3/c1-2-8-20-9-4-3-5-15(19)16(20)12-6-7-14(17)13(10-12)11-18/h6-7,10,15-16H,2-5,8-9,19H2,1H3. The van der Waals surface area contributed by atoms with Crippen molar-refractivity contribution in [1.29, 1.82) is 5.26 Å². The molecule has 20 heavy (non-hydrogen) atoms. The first-order valence-corrected chi connectivity index (χ1v) is 7.36. The second-order valence-electron chi connectivity index (χ2n) is 5.49.